The van der Waals surface area contributed by atoms with Crippen LogP contribution in [0.4, 0.5) is 0 Å². The number of carbonyl (C=O) groups is 1. The Balaban J connectivity index is 3.46. The first-order valence-electron chi connectivity index (χ1n) is 5.31. The molecule has 0 saturated heterocycles. The van der Waals surface area contributed by atoms with Crippen molar-refractivity contribution < 1.29 is 14.3 Å². The molecule has 1 amide bonds. The normalized spacial score (nSPS) is 12.2. The third-order valence-corrected chi connectivity index (χ3v) is 1.93. The van der Waals surface area contributed by atoms with Crippen molar-refractivity contribution in [1.82, 2.24) is 5.32 Å². The average molecular weight is 230 g/mol. The Hall–Kier alpha value is -0.910. The lowest BCUT2D eigenvalue weighted by atomic mass is 10.2. The van der Waals surface area contributed by atoms with Crippen LogP contribution in [-0.2, 0) is 14.3 Å². The van der Waals surface area contributed by atoms with Crippen LogP contribution in [0.15, 0.2) is 12.2 Å². The van der Waals surface area contributed by atoms with Gasteiger partial charge in [0.2, 0.25) is 5.91 Å². The van der Waals surface area contributed by atoms with Gasteiger partial charge in [0.05, 0.1) is 25.7 Å². The van der Waals surface area contributed by atoms with Crippen molar-refractivity contribution in [2.45, 2.75) is 19.4 Å². The summed E-state index contributed by atoms with van der Waals surface area (Å²) in [6, 6.07) is 0. The Bertz CT molecular complexity index is 215. The van der Waals surface area contributed by atoms with Crippen LogP contribution in [0.3, 0.4) is 0 Å². The zero-order chi connectivity index (χ0) is 12.4. The minimum Gasteiger partial charge on any atom is -0.380 e. The molecule has 0 heterocycles. The van der Waals surface area contributed by atoms with Gasteiger partial charge in [-0.1, -0.05) is 12.2 Å². The fourth-order valence-corrected chi connectivity index (χ4v) is 1.05. The van der Waals surface area contributed by atoms with Gasteiger partial charge in [-0.15, -0.1) is 0 Å². The standard InChI is InChI=1S/C11H22N2O3/c1-9(2)8-16-5-4-13-11(14)6-10(7-12)15-3/h10H,1,4-8,12H2,2-3H3,(H,13,14). The molecule has 0 saturated carbocycles. The molecule has 0 bridgehead atoms. The molecule has 0 radical (unpaired) electrons. The summed E-state index contributed by atoms with van der Waals surface area (Å²) in [6.07, 6.45) is 0.0735. The lowest BCUT2D eigenvalue weighted by Gasteiger charge is -2.12. The van der Waals surface area contributed by atoms with E-state index in [0.29, 0.717) is 26.3 Å². The quantitative estimate of drug-likeness (QED) is 0.434. The summed E-state index contributed by atoms with van der Waals surface area (Å²) in [7, 11) is 1.54. The number of amides is 1. The van der Waals surface area contributed by atoms with E-state index in [2.05, 4.69) is 11.9 Å². The highest BCUT2D eigenvalue weighted by atomic mass is 16.5. The van der Waals surface area contributed by atoms with Crippen LogP contribution < -0.4 is 11.1 Å². The highest BCUT2D eigenvalue weighted by molar-refractivity contribution is 5.76. The molecule has 5 nitrogen and oxygen atoms in total. The molecule has 0 aliphatic carbocycles. The zero-order valence-corrected chi connectivity index (χ0v) is 10.1. The van der Waals surface area contributed by atoms with Crippen LogP contribution in [0.2, 0.25) is 0 Å². The van der Waals surface area contributed by atoms with Crippen LogP contribution in [0.5, 0.6) is 0 Å². The number of hydrogen-bond donors (Lipinski definition) is 2. The van der Waals surface area contributed by atoms with Crippen molar-refractivity contribution in [3.05, 3.63) is 12.2 Å². The molecule has 0 aromatic carbocycles. The van der Waals surface area contributed by atoms with Gasteiger partial charge in [0.15, 0.2) is 0 Å². The van der Waals surface area contributed by atoms with Gasteiger partial charge in [0.1, 0.15) is 0 Å². The maximum atomic E-state index is 11.3. The van der Waals surface area contributed by atoms with Crippen molar-refractivity contribution in [2.75, 3.05) is 33.4 Å². The predicted octanol–water partition coefficient (Wildman–Crippen LogP) is 0.0591. The van der Waals surface area contributed by atoms with E-state index in [9.17, 15) is 4.79 Å². The third kappa shape index (κ3) is 8.40. The summed E-state index contributed by atoms with van der Waals surface area (Å²) in [5, 5.41) is 2.73. The maximum absolute atomic E-state index is 11.3. The van der Waals surface area contributed by atoms with E-state index in [1.165, 1.54) is 0 Å². The molecule has 0 aromatic rings. The Kier molecular flexibility index (Phi) is 8.80. The lowest BCUT2D eigenvalue weighted by Crippen LogP contribution is -2.33. The summed E-state index contributed by atoms with van der Waals surface area (Å²) >= 11 is 0. The lowest BCUT2D eigenvalue weighted by molar-refractivity contribution is -0.123. The zero-order valence-electron chi connectivity index (χ0n) is 10.1. The van der Waals surface area contributed by atoms with Gasteiger partial charge >= 0.3 is 0 Å². The molecule has 94 valence electrons. The van der Waals surface area contributed by atoms with Gasteiger partial charge in [0, 0.05) is 20.2 Å². The Morgan fingerprint density at radius 2 is 2.25 bits per heavy atom. The second-order valence-electron chi connectivity index (χ2n) is 3.66. The van der Waals surface area contributed by atoms with Gasteiger partial charge in [-0.3, -0.25) is 4.79 Å². The van der Waals surface area contributed by atoms with Crippen LogP contribution in [0.1, 0.15) is 13.3 Å². The molecule has 5 heteroatoms. The fourth-order valence-electron chi connectivity index (χ4n) is 1.05. The Labute approximate surface area is 97.0 Å². The predicted molar refractivity (Wildman–Crippen MR) is 63.1 cm³/mol. The minimum atomic E-state index is -0.212. The summed E-state index contributed by atoms with van der Waals surface area (Å²) in [4.78, 5) is 11.3. The number of hydrogen-bond acceptors (Lipinski definition) is 4. The second kappa shape index (κ2) is 9.33. The summed E-state index contributed by atoms with van der Waals surface area (Å²) in [5.74, 6) is -0.0729. The summed E-state index contributed by atoms with van der Waals surface area (Å²) in [5.41, 5.74) is 6.37. The van der Waals surface area contributed by atoms with Crippen molar-refractivity contribution >= 4 is 5.91 Å². The van der Waals surface area contributed by atoms with Gasteiger partial charge in [-0.05, 0) is 6.92 Å². The summed E-state index contributed by atoms with van der Waals surface area (Å²) in [6.45, 7) is 7.45. The number of carbonyl (C=O) groups excluding carboxylic acids is 1. The Morgan fingerprint density at radius 1 is 1.56 bits per heavy atom. The highest BCUT2D eigenvalue weighted by Crippen LogP contribution is 1.94. The highest BCUT2D eigenvalue weighted by Gasteiger charge is 2.10. The minimum absolute atomic E-state index is 0.0729. The molecule has 0 aliphatic heterocycles. The van der Waals surface area contributed by atoms with Crippen LogP contribution >= 0.6 is 0 Å². The summed E-state index contributed by atoms with van der Waals surface area (Å²) < 4.78 is 10.2. The van der Waals surface area contributed by atoms with E-state index in [-0.39, 0.29) is 18.4 Å². The van der Waals surface area contributed by atoms with Crippen LogP contribution in [0, 0.1) is 0 Å². The molecule has 3 N–H and O–H groups in total. The first-order valence-corrected chi connectivity index (χ1v) is 5.31. The second-order valence-corrected chi connectivity index (χ2v) is 3.66. The molecule has 0 rings (SSSR count). The van der Waals surface area contributed by atoms with Crippen LogP contribution in [-0.4, -0.2) is 45.4 Å². The van der Waals surface area contributed by atoms with Gasteiger partial charge in [-0.2, -0.15) is 0 Å². The van der Waals surface area contributed by atoms with Crippen LogP contribution in [0.25, 0.3) is 0 Å². The molecule has 0 aliphatic rings. The molecule has 1 unspecified atom stereocenters. The van der Waals surface area contributed by atoms with Crippen molar-refractivity contribution in [3.8, 4) is 0 Å². The largest absolute Gasteiger partial charge is 0.380 e. The topological polar surface area (TPSA) is 73.6 Å². The number of ether oxygens (including phenoxy) is 2. The number of nitrogens with two attached hydrogens (primary N) is 1. The molecular formula is C11H22N2O3. The Morgan fingerprint density at radius 3 is 2.75 bits per heavy atom. The van der Waals surface area contributed by atoms with E-state index in [4.69, 9.17) is 15.2 Å². The number of rotatable bonds is 9. The van der Waals surface area contributed by atoms with Crippen molar-refractivity contribution in [1.29, 1.82) is 0 Å². The van der Waals surface area contributed by atoms with E-state index >= 15 is 0 Å². The van der Waals surface area contributed by atoms with Gasteiger partial charge < -0.3 is 20.5 Å². The molecule has 0 spiro atoms. The maximum Gasteiger partial charge on any atom is 0.222 e. The third-order valence-electron chi connectivity index (χ3n) is 1.93. The molecule has 0 fully saturated rings. The smallest absolute Gasteiger partial charge is 0.222 e. The monoisotopic (exact) mass is 230 g/mol. The van der Waals surface area contributed by atoms with Crippen molar-refractivity contribution in [2.24, 2.45) is 5.73 Å². The SMILES string of the molecule is C=C(C)COCCNC(=O)CC(CN)OC. The first kappa shape index (κ1) is 15.1. The van der Waals surface area contributed by atoms with E-state index in [1.54, 1.807) is 7.11 Å². The molecule has 1 atom stereocenters. The molecular weight excluding hydrogens is 208 g/mol. The first-order chi connectivity index (χ1) is 7.60. The van der Waals surface area contributed by atoms with Gasteiger partial charge in [-0.25, -0.2) is 0 Å². The number of methoxy groups -OCH3 is 1. The molecule has 0 aromatic heterocycles. The van der Waals surface area contributed by atoms with E-state index in [1.807, 2.05) is 6.92 Å². The van der Waals surface area contributed by atoms with Crippen molar-refractivity contribution in [3.63, 3.8) is 0 Å². The number of nitrogens with one attached hydrogen (secondary N) is 1. The van der Waals surface area contributed by atoms with E-state index in [0.717, 1.165) is 5.57 Å². The van der Waals surface area contributed by atoms with Gasteiger partial charge in [0.25, 0.3) is 0 Å². The fraction of sp³-hybridized carbons (Fsp3) is 0.727. The average Bonchev–Trinajstić information content (AvgIpc) is 2.25. The van der Waals surface area contributed by atoms with E-state index < -0.39 is 0 Å². The molecule has 16 heavy (non-hydrogen) atoms.